The summed E-state index contributed by atoms with van der Waals surface area (Å²) in [7, 11) is -3.48. The quantitative estimate of drug-likeness (QED) is 0.303. The molecule has 0 bridgehead atoms. The Hall–Kier alpha value is -0.910. The smallest absolute Gasteiger partial charge is 0.350 e. The molecule has 6 nitrogen and oxygen atoms in total. The monoisotopic (exact) mass is 414 g/mol. The molecule has 7 heteroatoms. The van der Waals surface area contributed by atoms with Gasteiger partial charge in [-0.25, -0.2) is 0 Å². The molecule has 0 amide bonds. The van der Waals surface area contributed by atoms with Gasteiger partial charge in [0.25, 0.3) is 0 Å². The van der Waals surface area contributed by atoms with Crippen LogP contribution in [0.15, 0.2) is 24.3 Å². The molecule has 0 saturated heterocycles. The molecule has 0 aliphatic rings. The maximum atomic E-state index is 13.8. The first-order chi connectivity index (χ1) is 12.8. The summed E-state index contributed by atoms with van der Waals surface area (Å²) >= 11 is 0. The van der Waals surface area contributed by atoms with Crippen LogP contribution in [0.4, 0.5) is 5.69 Å². The van der Waals surface area contributed by atoms with Crippen LogP contribution >= 0.6 is 7.60 Å². The Bertz CT molecular complexity index is 640. The SMILES string of the molecule is CCOP(=O)(OCC)[C@H](N(O[C@H](C)c1ccc(N)cc1)C(C)(C)C)C(C)(C)C. The van der Waals surface area contributed by atoms with E-state index < -0.39 is 24.3 Å². The summed E-state index contributed by atoms with van der Waals surface area (Å²) in [5.41, 5.74) is 6.63. The zero-order valence-corrected chi connectivity index (χ0v) is 19.9. The Balaban J connectivity index is 3.39. The summed E-state index contributed by atoms with van der Waals surface area (Å²) in [5, 5.41) is 1.81. The van der Waals surface area contributed by atoms with Gasteiger partial charge in [0, 0.05) is 11.2 Å². The Morgan fingerprint density at radius 1 is 1.00 bits per heavy atom. The predicted octanol–water partition coefficient (Wildman–Crippen LogP) is 6.00. The predicted molar refractivity (Wildman–Crippen MR) is 116 cm³/mol. The average Bonchev–Trinajstić information content (AvgIpc) is 2.53. The molecule has 1 rings (SSSR count). The third kappa shape index (κ3) is 6.57. The molecular formula is C21H39N2O4P. The van der Waals surface area contributed by atoms with Gasteiger partial charge in [-0.1, -0.05) is 32.9 Å². The Morgan fingerprint density at radius 2 is 1.46 bits per heavy atom. The van der Waals surface area contributed by atoms with Gasteiger partial charge in [-0.2, -0.15) is 5.06 Å². The molecule has 2 N–H and O–H groups in total. The maximum Gasteiger partial charge on any atom is 0.350 e. The lowest BCUT2D eigenvalue weighted by Gasteiger charge is -2.48. The first kappa shape index (κ1) is 25.1. The van der Waals surface area contributed by atoms with E-state index in [1.807, 2.05) is 86.6 Å². The zero-order valence-electron chi connectivity index (χ0n) is 19.0. The number of hydroxylamine groups is 2. The molecule has 0 heterocycles. The number of hydrogen-bond donors (Lipinski definition) is 1. The van der Waals surface area contributed by atoms with Crippen molar-refractivity contribution in [2.75, 3.05) is 18.9 Å². The first-order valence-electron chi connectivity index (χ1n) is 9.96. The first-order valence-corrected chi connectivity index (χ1v) is 11.6. The molecule has 0 aromatic heterocycles. The standard InChI is InChI=1S/C21H39N2O4P/c1-10-25-28(24,26-11-2)19(20(4,5)6)23(21(7,8)9)27-16(3)17-12-14-18(22)15-13-17/h12-16,19H,10-11,22H2,1-9H3/t16-,19+/m1/s1. The van der Waals surface area contributed by atoms with E-state index in [4.69, 9.17) is 19.6 Å². The molecule has 0 aliphatic carbocycles. The minimum Gasteiger partial charge on any atom is -0.399 e. The molecule has 28 heavy (non-hydrogen) atoms. The minimum atomic E-state index is -3.48. The van der Waals surface area contributed by atoms with Gasteiger partial charge in [0.05, 0.1) is 13.2 Å². The van der Waals surface area contributed by atoms with Crippen molar-refractivity contribution in [3.05, 3.63) is 29.8 Å². The molecule has 0 radical (unpaired) electrons. The van der Waals surface area contributed by atoms with Gasteiger partial charge in [0.15, 0.2) is 0 Å². The van der Waals surface area contributed by atoms with E-state index in [1.165, 1.54) is 0 Å². The average molecular weight is 415 g/mol. The highest BCUT2D eigenvalue weighted by atomic mass is 31.2. The number of benzene rings is 1. The van der Waals surface area contributed by atoms with Crippen LogP contribution in [0.3, 0.4) is 0 Å². The molecule has 0 saturated carbocycles. The summed E-state index contributed by atoms with van der Waals surface area (Å²) in [5.74, 6) is -0.587. The van der Waals surface area contributed by atoms with Gasteiger partial charge in [-0.3, -0.25) is 9.40 Å². The van der Waals surface area contributed by atoms with E-state index in [9.17, 15) is 4.57 Å². The maximum absolute atomic E-state index is 13.8. The zero-order chi connectivity index (χ0) is 21.8. The topological polar surface area (TPSA) is 74.0 Å². The lowest BCUT2D eigenvalue weighted by molar-refractivity contribution is -0.264. The highest BCUT2D eigenvalue weighted by molar-refractivity contribution is 7.54. The Morgan fingerprint density at radius 3 is 1.82 bits per heavy atom. The highest BCUT2D eigenvalue weighted by Crippen LogP contribution is 2.61. The van der Waals surface area contributed by atoms with E-state index in [0.29, 0.717) is 18.9 Å². The van der Waals surface area contributed by atoms with Crippen LogP contribution in [-0.4, -0.2) is 29.6 Å². The van der Waals surface area contributed by atoms with Crippen LogP contribution in [0.25, 0.3) is 0 Å². The van der Waals surface area contributed by atoms with Crippen LogP contribution in [-0.2, 0) is 18.5 Å². The van der Waals surface area contributed by atoms with Gasteiger partial charge < -0.3 is 14.8 Å². The molecule has 2 atom stereocenters. The van der Waals surface area contributed by atoms with E-state index in [0.717, 1.165) is 5.56 Å². The van der Waals surface area contributed by atoms with Crippen molar-refractivity contribution in [3.8, 4) is 0 Å². The van der Waals surface area contributed by atoms with E-state index in [2.05, 4.69) is 0 Å². The van der Waals surface area contributed by atoms with Crippen molar-refractivity contribution < 1.29 is 18.5 Å². The van der Waals surface area contributed by atoms with Crippen LogP contribution in [0.5, 0.6) is 0 Å². The fraction of sp³-hybridized carbons (Fsp3) is 0.714. The van der Waals surface area contributed by atoms with Crippen molar-refractivity contribution in [2.45, 2.75) is 79.7 Å². The lowest BCUT2D eigenvalue weighted by Crippen LogP contribution is -2.53. The van der Waals surface area contributed by atoms with Crippen molar-refractivity contribution in [1.29, 1.82) is 0 Å². The van der Waals surface area contributed by atoms with Crippen LogP contribution in [0.1, 0.15) is 74.0 Å². The summed E-state index contributed by atoms with van der Waals surface area (Å²) in [6.07, 6.45) is -0.263. The second-order valence-electron chi connectivity index (χ2n) is 9.03. The largest absolute Gasteiger partial charge is 0.399 e. The van der Waals surface area contributed by atoms with Crippen molar-refractivity contribution >= 4 is 13.3 Å². The van der Waals surface area contributed by atoms with Gasteiger partial charge in [-0.05, 0) is 64.7 Å². The van der Waals surface area contributed by atoms with E-state index >= 15 is 0 Å². The molecule has 162 valence electrons. The number of nitrogens with two attached hydrogens (primary N) is 1. The Kier molecular flexibility index (Phi) is 8.73. The van der Waals surface area contributed by atoms with Crippen molar-refractivity contribution in [1.82, 2.24) is 5.06 Å². The van der Waals surface area contributed by atoms with Gasteiger partial charge in [0.1, 0.15) is 11.9 Å². The number of nitrogens with zero attached hydrogens (tertiary/aromatic N) is 1. The molecule has 0 spiro atoms. The van der Waals surface area contributed by atoms with Crippen molar-refractivity contribution in [3.63, 3.8) is 0 Å². The molecule has 0 fully saturated rings. The fourth-order valence-corrected chi connectivity index (χ4v) is 5.76. The normalized spacial score (nSPS) is 15.6. The lowest BCUT2D eigenvalue weighted by atomic mass is 9.94. The van der Waals surface area contributed by atoms with Crippen LogP contribution < -0.4 is 5.73 Å². The van der Waals surface area contributed by atoms with Gasteiger partial charge >= 0.3 is 7.60 Å². The number of anilines is 1. The highest BCUT2D eigenvalue weighted by Gasteiger charge is 2.51. The minimum absolute atomic E-state index is 0.263. The third-order valence-electron chi connectivity index (χ3n) is 4.25. The second kappa shape index (κ2) is 9.73. The molecule has 1 aromatic carbocycles. The summed E-state index contributed by atoms with van der Waals surface area (Å²) in [6, 6.07) is 7.58. The van der Waals surface area contributed by atoms with E-state index in [-0.39, 0.29) is 6.10 Å². The third-order valence-corrected chi connectivity index (χ3v) is 7.07. The molecule has 1 aromatic rings. The van der Waals surface area contributed by atoms with Crippen LogP contribution in [0, 0.1) is 5.41 Å². The summed E-state index contributed by atoms with van der Waals surface area (Å²) < 4.78 is 25.3. The second-order valence-corrected chi connectivity index (χ2v) is 11.1. The van der Waals surface area contributed by atoms with Crippen molar-refractivity contribution in [2.24, 2.45) is 5.41 Å². The summed E-state index contributed by atoms with van der Waals surface area (Å²) in [6.45, 7) is 18.4. The van der Waals surface area contributed by atoms with E-state index in [1.54, 1.807) is 5.06 Å². The number of hydrogen-bond acceptors (Lipinski definition) is 6. The number of rotatable bonds is 9. The molecule has 0 aliphatic heterocycles. The summed E-state index contributed by atoms with van der Waals surface area (Å²) in [4.78, 5) is 6.43. The number of nitrogen functional groups attached to an aromatic ring is 1. The molecular weight excluding hydrogens is 375 g/mol. The fourth-order valence-electron chi connectivity index (χ4n) is 3.07. The van der Waals surface area contributed by atoms with Crippen LogP contribution in [0.2, 0.25) is 0 Å². The van der Waals surface area contributed by atoms with Gasteiger partial charge in [-0.15, -0.1) is 0 Å². The molecule has 0 unspecified atom stereocenters. The van der Waals surface area contributed by atoms with Gasteiger partial charge in [0.2, 0.25) is 0 Å². The Labute approximate surface area is 171 Å².